The number of hydrogen-bond donors (Lipinski definition) is 1. The molecule has 0 bridgehead atoms. The van der Waals surface area contributed by atoms with E-state index in [4.69, 9.17) is 5.73 Å². The van der Waals surface area contributed by atoms with Crippen LogP contribution in [0.1, 0.15) is 18.4 Å². The van der Waals surface area contributed by atoms with E-state index in [0.717, 1.165) is 23.8 Å². The number of benzene rings is 2. The monoisotopic (exact) mass is 228 g/mol. The zero-order chi connectivity index (χ0) is 11.8. The van der Waals surface area contributed by atoms with Crippen molar-refractivity contribution in [3.05, 3.63) is 47.8 Å². The highest BCUT2D eigenvalue weighted by molar-refractivity contribution is 6.09. The minimum absolute atomic E-state index is 0.219. The molecule has 1 aliphatic carbocycles. The van der Waals surface area contributed by atoms with Gasteiger partial charge in [-0.2, -0.15) is 0 Å². The maximum atomic E-state index is 13.6. The fraction of sp³-hybridized carbons (Fsp3) is 0.214. The fourth-order valence-electron chi connectivity index (χ4n) is 1.96. The highest BCUT2D eigenvalue weighted by Gasteiger charge is 2.21. The Kier molecular flexibility index (Phi) is 2.32. The van der Waals surface area contributed by atoms with Gasteiger partial charge < -0.3 is 5.73 Å². The van der Waals surface area contributed by atoms with Gasteiger partial charge in [-0.05, 0) is 30.4 Å². The van der Waals surface area contributed by atoms with Crippen molar-refractivity contribution in [2.24, 2.45) is 10.7 Å². The average molecular weight is 228 g/mol. The summed E-state index contributed by atoms with van der Waals surface area (Å²) in [6.45, 7) is 0. The van der Waals surface area contributed by atoms with Gasteiger partial charge in [0.1, 0.15) is 11.7 Å². The topological polar surface area (TPSA) is 38.4 Å². The van der Waals surface area contributed by atoms with Crippen LogP contribution in [0.4, 0.5) is 4.39 Å². The SMILES string of the molecule is NC(=NC1CC1)c1ccc(F)c2ccccc12. The Hall–Kier alpha value is -1.90. The molecule has 3 rings (SSSR count). The first-order chi connectivity index (χ1) is 8.25. The quantitative estimate of drug-likeness (QED) is 0.623. The van der Waals surface area contributed by atoms with Gasteiger partial charge in [0, 0.05) is 10.9 Å². The van der Waals surface area contributed by atoms with Crippen LogP contribution >= 0.6 is 0 Å². The maximum absolute atomic E-state index is 13.6. The first-order valence-corrected chi connectivity index (χ1v) is 5.76. The van der Waals surface area contributed by atoms with Gasteiger partial charge in [0.15, 0.2) is 0 Å². The number of fused-ring (bicyclic) bond motifs is 1. The molecule has 2 N–H and O–H groups in total. The first kappa shape index (κ1) is 10.3. The van der Waals surface area contributed by atoms with Gasteiger partial charge >= 0.3 is 0 Å². The molecule has 1 aliphatic rings. The van der Waals surface area contributed by atoms with Gasteiger partial charge in [-0.15, -0.1) is 0 Å². The molecule has 0 radical (unpaired) electrons. The van der Waals surface area contributed by atoms with Crippen LogP contribution in [0.3, 0.4) is 0 Å². The smallest absolute Gasteiger partial charge is 0.131 e. The van der Waals surface area contributed by atoms with Gasteiger partial charge in [0.05, 0.1) is 6.04 Å². The number of nitrogens with zero attached hydrogens (tertiary/aromatic N) is 1. The van der Waals surface area contributed by atoms with E-state index in [1.54, 1.807) is 12.1 Å². The Morgan fingerprint density at radius 2 is 1.82 bits per heavy atom. The summed E-state index contributed by atoms with van der Waals surface area (Å²) >= 11 is 0. The van der Waals surface area contributed by atoms with Crippen LogP contribution in [-0.2, 0) is 0 Å². The summed E-state index contributed by atoms with van der Waals surface area (Å²) in [5.74, 6) is 0.298. The third-order valence-corrected chi connectivity index (χ3v) is 3.02. The second kappa shape index (κ2) is 3.84. The second-order valence-electron chi connectivity index (χ2n) is 4.39. The zero-order valence-corrected chi connectivity index (χ0v) is 9.36. The lowest BCUT2D eigenvalue weighted by Crippen LogP contribution is -2.14. The lowest BCUT2D eigenvalue weighted by molar-refractivity contribution is 0.640. The Morgan fingerprint density at radius 3 is 2.53 bits per heavy atom. The standard InChI is InChI=1S/C14H13FN2/c15-13-8-7-12(14(16)17-9-5-6-9)10-3-1-2-4-11(10)13/h1-4,7-9H,5-6H2,(H2,16,17). The van der Waals surface area contributed by atoms with E-state index < -0.39 is 0 Å². The third kappa shape index (κ3) is 1.88. The highest BCUT2D eigenvalue weighted by Crippen LogP contribution is 2.26. The predicted molar refractivity (Wildman–Crippen MR) is 67.7 cm³/mol. The minimum Gasteiger partial charge on any atom is -0.383 e. The molecular formula is C14H13FN2. The lowest BCUT2D eigenvalue weighted by atomic mass is 10.0. The van der Waals surface area contributed by atoms with Crippen molar-refractivity contribution >= 4 is 16.6 Å². The van der Waals surface area contributed by atoms with Crippen LogP contribution in [0.2, 0.25) is 0 Å². The van der Waals surface area contributed by atoms with E-state index in [2.05, 4.69) is 4.99 Å². The number of amidine groups is 1. The molecule has 0 spiro atoms. The summed E-state index contributed by atoms with van der Waals surface area (Å²) in [5, 5.41) is 1.42. The Morgan fingerprint density at radius 1 is 1.12 bits per heavy atom. The van der Waals surface area contributed by atoms with Gasteiger partial charge in [-0.3, -0.25) is 4.99 Å². The highest BCUT2D eigenvalue weighted by atomic mass is 19.1. The summed E-state index contributed by atoms with van der Waals surface area (Å²) in [7, 11) is 0. The van der Waals surface area contributed by atoms with E-state index in [0.29, 0.717) is 17.3 Å². The number of rotatable bonds is 2. The van der Waals surface area contributed by atoms with Crippen molar-refractivity contribution in [2.75, 3.05) is 0 Å². The number of hydrogen-bond acceptors (Lipinski definition) is 1. The molecule has 2 nitrogen and oxygen atoms in total. The van der Waals surface area contributed by atoms with E-state index in [-0.39, 0.29) is 5.82 Å². The van der Waals surface area contributed by atoms with E-state index in [1.807, 2.05) is 18.2 Å². The van der Waals surface area contributed by atoms with Gasteiger partial charge in [0.2, 0.25) is 0 Å². The number of aliphatic imine (C=N–C) groups is 1. The molecule has 0 unspecified atom stereocenters. The molecule has 86 valence electrons. The van der Waals surface area contributed by atoms with Crippen molar-refractivity contribution in [1.82, 2.24) is 0 Å². The fourth-order valence-corrected chi connectivity index (χ4v) is 1.96. The van der Waals surface area contributed by atoms with Crippen LogP contribution in [0.5, 0.6) is 0 Å². The minimum atomic E-state index is -0.219. The maximum Gasteiger partial charge on any atom is 0.131 e. The van der Waals surface area contributed by atoms with E-state index in [9.17, 15) is 4.39 Å². The first-order valence-electron chi connectivity index (χ1n) is 5.76. The molecule has 17 heavy (non-hydrogen) atoms. The molecule has 0 aliphatic heterocycles. The van der Waals surface area contributed by atoms with Crippen LogP contribution < -0.4 is 5.73 Å². The van der Waals surface area contributed by atoms with Gasteiger partial charge in [-0.25, -0.2) is 4.39 Å². The van der Waals surface area contributed by atoms with Crippen molar-refractivity contribution in [3.8, 4) is 0 Å². The predicted octanol–water partition coefficient (Wildman–Crippen LogP) is 2.85. The van der Waals surface area contributed by atoms with Gasteiger partial charge in [0.25, 0.3) is 0 Å². The second-order valence-corrected chi connectivity index (χ2v) is 4.39. The number of halogens is 1. The molecule has 2 aromatic rings. The van der Waals surface area contributed by atoms with E-state index in [1.165, 1.54) is 6.07 Å². The lowest BCUT2D eigenvalue weighted by Gasteiger charge is -2.06. The third-order valence-electron chi connectivity index (χ3n) is 3.02. The Labute approximate surface area is 99.0 Å². The summed E-state index contributed by atoms with van der Waals surface area (Å²) in [6, 6.07) is 10.9. The van der Waals surface area contributed by atoms with Crippen LogP contribution in [-0.4, -0.2) is 11.9 Å². The molecule has 1 saturated carbocycles. The largest absolute Gasteiger partial charge is 0.383 e. The molecule has 3 heteroatoms. The van der Waals surface area contributed by atoms with Gasteiger partial charge in [-0.1, -0.05) is 24.3 Å². The summed E-state index contributed by atoms with van der Waals surface area (Å²) in [6.07, 6.45) is 2.22. The summed E-state index contributed by atoms with van der Waals surface area (Å²) < 4.78 is 13.6. The van der Waals surface area contributed by atoms with Crippen LogP contribution in [0.15, 0.2) is 41.4 Å². The van der Waals surface area contributed by atoms with Crippen molar-refractivity contribution in [2.45, 2.75) is 18.9 Å². The molecule has 1 fully saturated rings. The molecule has 0 saturated heterocycles. The molecular weight excluding hydrogens is 215 g/mol. The zero-order valence-electron chi connectivity index (χ0n) is 9.36. The van der Waals surface area contributed by atoms with E-state index >= 15 is 0 Å². The summed E-state index contributed by atoms with van der Waals surface area (Å²) in [5.41, 5.74) is 6.81. The Balaban J connectivity index is 2.19. The molecule has 0 aromatic heterocycles. The average Bonchev–Trinajstić information content (AvgIpc) is 3.14. The molecule has 0 amide bonds. The molecule has 2 aromatic carbocycles. The normalized spacial score (nSPS) is 16.4. The van der Waals surface area contributed by atoms with Crippen LogP contribution in [0.25, 0.3) is 10.8 Å². The Bertz CT molecular complexity index is 600. The molecule has 0 atom stereocenters. The summed E-state index contributed by atoms with van der Waals surface area (Å²) in [4.78, 5) is 4.41. The van der Waals surface area contributed by atoms with Crippen molar-refractivity contribution < 1.29 is 4.39 Å². The van der Waals surface area contributed by atoms with Crippen molar-refractivity contribution in [3.63, 3.8) is 0 Å². The van der Waals surface area contributed by atoms with Crippen LogP contribution in [0, 0.1) is 5.82 Å². The molecule has 0 heterocycles. The number of nitrogens with two attached hydrogens (primary N) is 1. The van der Waals surface area contributed by atoms with Crippen molar-refractivity contribution in [1.29, 1.82) is 0 Å².